The normalized spacial score (nSPS) is 10.3. The minimum absolute atomic E-state index is 0.253. The first-order valence-electron chi connectivity index (χ1n) is 8.91. The molecule has 28 heavy (non-hydrogen) atoms. The Morgan fingerprint density at radius 2 is 1.57 bits per heavy atom. The van der Waals surface area contributed by atoms with E-state index in [9.17, 15) is 9.59 Å². The fraction of sp³-hybridized carbons (Fsp3) is 0.130. The third-order valence-corrected chi connectivity index (χ3v) is 4.39. The van der Waals surface area contributed by atoms with E-state index < -0.39 is 11.9 Å². The molecular formula is C23H19ClO4. The summed E-state index contributed by atoms with van der Waals surface area (Å²) in [5.74, 6) is -0.786. The zero-order chi connectivity index (χ0) is 19.8. The van der Waals surface area contributed by atoms with E-state index in [0.29, 0.717) is 17.2 Å². The van der Waals surface area contributed by atoms with E-state index in [-0.39, 0.29) is 11.3 Å². The molecule has 0 aliphatic heterocycles. The van der Waals surface area contributed by atoms with E-state index >= 15 is 0 Å². The van der Waals surface area contributed by atoms with Gasteiger partial charge in [-0.2, -0.15) is 0 Å². The third kappa shape index (κ3) is 5.44. The van der Waals surface area contributed by atoms with Crippen LogP contribution in [0.4, 0.5) is 0 Å². The Kier molecular flexibility index (Phi) is 6.82. The molecule has 0 saturated carbocycles. The number of ether oxygens (including phenoxy) is 2. The zero-order valence-corrected chi connectivity index (χ0v) is 15.9. The SMILES string of the molecule is O=C(OCCCc1ccccc1)c1cccc(OC(=O)c2ccccc2Cl)c1. The lowest BCUT2D eigenvalue weighted by Crippen LogP contribution is -2.11. The van der Waals surface area contributed by atoms with E-state index in [4.69, 9.17) is 21.1 Å². The number of rotatable bonds is 7. The Labute approximate surface area is 168 Å². The van der Waals surface area contributed by atoms with Gasteiger partial charge in [-0.25, -0.2) is 9.59 Å². The molecule has 0 amide bonds. The van der Waals surface area contributed by atoms with Crippen molar-refractivity contribution in [1.29, 1.82) is 0 Å². The van der Waals surface area contributed by atoms with Gasteiger partial charge >= 0.3 is 11.9 Å². The fourth-order valence-corrected chi connectivity index (χ4v) is 2.86. The quantitative estimate of drug-likeness (QED) is 0.308. The van der Waals surface area contributed by atoms with Crippen LogP contribution in [0.5, 0.6) is 5.75 Å². The predicted molar refractivity (Wildman–Crippen MR) is 108 cm³/mol. The molecule has 3 aromatic carbocycles. The first kappa shape index (κ1) is 19.6. The average molecular weight is 395 g/mol. The maximum atomic E-state index is 12.2. The van der Waals surface area contributed by atoms with Gasteiger partial charge in [0.25, 0.3) is 0 Å². The van der Waals surface area contributed by atoms with Gasteiger partial charge in [0.1, 0.15) is 5.75 Å². The largest absolute Gasteiger partial charge is 0.462 e. The van der Waals surface area contributed by atoms with Crippen molar-refractivity contribution in [3.8, 4) is 5.75 Å². The highest BCUT2D eigenvalue weighted by atomic mass is 35.5. The van der Waals surface area contributed by atoms with Gasteiger partial charge in [0.15, 0.2) is 0 Å². The van der Waals surface area contributed by atoms with Crippen LogP contribution < -0.4 is 4.74 Å². The van der Waals surface area contributed by atoms with Crippen LogP contribution in [0.2, 0.25) is 5.02 Å². The van der Waals surface area contributed by atoms with E-state index in [2.05, 4.69) is 0 Å². The van der Waals surface area contributed by atoms with Crippen molar-refractivity contribution in [2.45, 2.75) is 12.8 Å². The molecule has 0 aliphatic rings. The van der Waals surface area contributed by atoms with Crippen LogP contribution in [-0.4, -0.2) is 18.5 Å². The molecule has 0 saturated heterocycles. The molecule has 142 valence electrons. The van der Waals surface area contributed by atoms with Crippen LogP contribution in [0, 0.1) is 0 Å². The van der Waals surface area contributed by atoms with Gasteiger partial charge in [0, 0.05) is 0 Å². The molecule has 0 bridgehead atoms. The maximum absolute atomic E-state index is 12.2. The minimum atomic E-state index is -0.584. The number of hydrogen-bond donors (Lipinski definition) is 0. The molecule has 0 atom stereocenters. The van der Waals surface area contributed by atoms with Gasteiger partial charge in [-0.05, 0) is 48.7 Å². The van der Waals surface area contributed by atoms with Crippen molar-refractivity contribution in [2.75, 3.05) is 6.61 Å². The van der Waals surface area contributed by atoms with E-state index in [0.717, 1.165) is 12.8 Å². The van der Waals surface area contributed by atoms with Crippen molar-refractivity contribution in [2.24, 2.45) is 0 Å². The molecule has 0 fully saturated rings. The number of benzene rings is 3. The first-order valence-corrected chi connectivity index (χ1v) is 9.29. The van der Waals surface area contributed by atoms with Crippen molar-refractivity contribution >= 4 is 23.5 Å². The number of carbonyl (C=O) groups is 2. The Morgan fingerprint density at radius 3 is 2.36 bits per heavy atom. The molecule has 0 radical (unpaired) electrons. The van der Waals surface area contributed by atoms with Crippen molar-refractivity contribution in [3.63, 3.8) is 0 Å². The second kappa shape index (κ2) is 9.72. The van der Waals surface area contributed by atoms with Gasteiger partial charge in [0.05, 0.1) is 22.8 Å². The topological polar surface area (TPSA) is 52.6 Å². The Balaban J connectivity index is 1.54. The van der Waals surface area contributed by atoms with Crippen LogP contribution in [0.1, 0.15) is 32.7 Å². The standard InChI is InChI=1S/C23H19ClO4/c24-21-14-5-4-13-20(21)23(26)28-19-12-6-11-18(16-19)22(25)27-15-7-10-17-8-2-1-3-9-17/h1-6,8-9,11-14,16H,7,10,15H2. The smallest absolute Gasteiger partial charge is 0.345 e. The second-order valence-electron chi connectivity index (χ2n) is 6.12. The van der Waals surface area contributed by atoms with E-state index in [1.165, 1.54) is 11.6 Å². The third-order valence-electron chi connectivity index (χ3n) is 4.06. The number of aryl methyl sites for hydroxylation is 1. The molecule has 3 rings (SSSR count). The molecule has 5 heteroatoms. The Morgan fingerprint density at radius 1 is 0.821 bits per heavy atom. The minimum Gasteiger partial charge on any atom is -0.462 e. The summed E-state index contributed by atoms with van der Waals surface area (Å²) in [6.07, 6.45) is 1.57. The Bertz CT molecular complexity index is 954. The van der Waals surface area contributed by atoms with Crippen LogP contribution in [0.15, 0.2) is 78.9 Å². The van der Waals surface area contributed by atoms with Gasteiger partial charge in [-0.1, -0.05) is 60.1 Å². The average Bonchev–Trinajstić information content (AvgIpc) is 2.72. The molecule has 4 nitrogen and oxygen atoms in total. The zero-order valence-electron chi connectivity index (χ0n) is 15.1. The van der Waals surface area contributed by atoms with Gasteiger partial charge < -0.3 is 9.47 Å². The summed E-state index contributed by atoms with van der Waals surface area (Å²) < 4.78 is 10.6. The van der Waals surface area contributed by atoms with Gasteiger partial charge in [-0.15, -0.1) is 0 Å². The summed E-state index contributed by atoms with van der Waals surface area (Å²) in [4.78, 5) is 24.5. The summed E-state index contributed by atoms with van der Waals surface area (Å²) >= 11 is 6.01. The summed E-state index contributed by atoms with van der Waals surface area (Å²) in [7, 11) is 0. The van der Waals surface area contributed by atoms with Crippen molar-refractivity contribution < 1.29 is 19.1 Å². The number of hydrogen-bond acceptors (Lipinski definition) is 4. The van der Waals surface area contributed by atoms with Gasteiger partial charge in [-0.3, -0.25) is 0 Å². The van der Waals surface area contributed by atoms with Crippen LogP contribution in [0.3, 0.4) is 0 Å². The second-order valence-corrected chi connectivity index (χ2v) is 6.53. The molecular weight excluding hydrogens is 376 g/mol. The highest BCUT2D eigenvalue weighted by molar-refractivity contribution is 6.33. The molecule has 0 unspecified atom stereocenters. The van der Waals surface area contributed by atoms with Gasteiger partial charge in [0.2, 0.25) is 0 Å². The van der Waals surface area contributed by atoms with E-state index in [1.807, 2.05) is 30.3 Å². The number of esters is 2. The lowest BCUT2D eigenvalue weighted by molar-refractivity contribution is 0.0498. The molecule has 0 aromatic heterocycles. The molecule has 0 aliphatic carbocycles. The van der Waals surface area contributed by atoms with Crippen molar-refractivity contribution in [3.05, 3.63) is 101 Å². The lowest BCUT2D eigenvalue weighted by atomic mass is 10.1. The molecule has 3 aromatic rings. The molecule has 0 heterocycles. The summed E-state index contributed by atoms with van der Waals surface area (Å²) in [6, 6.07) is 23.0. The molecule has 0 N–H and O–H groups in total. The first-order chi connectivity index (χ1) is 13.6. The monoisotopic (exact) mass is 394 g/mol. The van der Waals surface area contributed by atoms with Crippen LogP contribution in [0.25, 0.3) is 0 Å². The highest BCUT2D eigenvalue weighted by Gasteiger charge is 2.14. The van der Waals surface area contributed by atoms with Crippen LogP contribution >= 0.6 is 11.6 Å². The Hall–Kier alpha value is -3.11. The number of carbonyl (C=O) groups excluding carboxylic acids is 2. The maximum Gasteiger partial charge on any atom is 0.345 e. The van der Waals surface area contributed by atoms with Crippen molar-refractivity contribution in [1.82, 2.24) is 0 Å². The fourth-order valence-electron chi connectivity index (χ4n) is 2.64. The van der Waals surface area contributed by atoms with E-state index in [1.54, 1.807) is 42.5 Å². The predicted octanol–water partition coefficient (Wildman–Crippen LogP) is 5.35. The summed E-state index contributed by atoms with van der Waals surface area (Å²) in [5, 5.41) is 0.307. The lowest BCUT2D eigenvalue weighted by Gasteiger charge is -2.08. The number of halogens is 1. The molecule has 0 spiro atoms. The summed E-state index contributed by atoms with van der Waals surface area (Å²) in [6.45, 7) is 0.317. The summed E-state index contributed by atoms with van der Waals surface area (Å²) in [5.41, 5.74) is 1.79. The highest BCUT2D eigenvalue weighted by Crippen LogP contribution is 2.20. The van der Waals surface area contributed by atoms with Crippen LogP contribution in [-0.2, 0) is 11.2 Å².